The van der Waals surface area contributed by atoms with Crippen molar-refractivity contribution in [1.82, 2.24) is 4.90 Å². The van der Waals surface area contributed by atoms with Crippen LogP contribution < -0.4 is 0 Å². The lowest BCUT2D eigenvalue weighted by Crippen LogP contribution is -2.35. The lowest BCUT2D eigenvalue weighted by Gasteiger charge is -2.21. The largest absolute Gasteiger partial charge is 0.391 e. The molecule has 1 aliphatic rings. The van der Waals surface area contributed by atoms with E-state index in [9.17, 15) is 18.7 Å². The Balaban J connectivity index is 2.11. The van der Waals surface area contributed by atoms with Crippen molar-refractivity contribution in [3.63, 3.8) is 0 Å². The van der Waals surface area contributed by atoms with Crippen LogP contribution in [0, 0.1) is 17.6 Å². The summed E-state index contributed by atoms with van der Waals surface area (Å²) in [6, 6.07) is 1.79. The van der Waals surface area contributed by atoms with Crippen LogP contribution in [0.5, 0.6) is 0 Å². The quantitative estimate of drug-likeness (QED) is 0.860. The fourth-order valence-corrected chi connectivity index (χ4v) is 2.37. The molecule has 1 unspecified atom stereocenters. The van der Waals surface area contributed by atoms with E-state index < -0.39 is 23.6 Å². The Kier molecular flexibility index (Phi) is 4.20. The molecule has 0 spiro atoms. The van der Waals surface area contributed by atoms with E-state index in [1.807, 2.05) is 0 Å². The van der Waals surface area contributed by atoms with Crippen LogP contribution in [0.15, 0.2) is 16.6 Å². The van der Waals surface area contributed by atoms with E-state index >= 15 is 0 Å². The topological polar surface area (TPSA) is 40.5 Å². The number of benzene rings is 1. The first-order valence-electron chi connectivity index (χ1n) is 5.98. The van der Waals surface area contributed by atoms with Crippen molar-refractivity contribution >= 4 is 21.8 Å². The average Bonchev–Trinajstić information content (AvgIpc) is 3.16. The highest BCUT2D eigenvalue weighted by Crippen LogP contribution is 2.33. The molecule has 1 fully saturated rings. The predicted octanol–water partition coefficient (Wildman–Crippen LogP) is 2.57. The van der Waals surface area contributed by atoms with E-state index in [0.29, 0.717) is 0 Å². The van der Waals surface area contributed by atoms with Crippen LogP contribution in [0.2, 0.25) is 0 Å². The molecule has 1 aromatic carbocycles. The molecule has 1 amide bonds. The van der Waals surface area contributed by atoms with Gasteiger partial charge in [-0.05, 0) is 46.8 Å². The Morgan fingerprint density at radius 3 is 2.63 bits per heavy atom. The average molecular weight is 334 g/mol. The van der Waals surface area contributed by atoms with Gasteiger partial charge in [0.2, 0.25) is 0 Å². The van der Waals surface area contributed by atoms with Crippen LogP contribution >= 0.6 is 15.9 Å². The number of carbonyl (C=O) groups excluding carboxylic acids is 1. The lowest BCUT2D eigenvalue weighted by atomic mass is 10.1. The maximum Gasteiger partial charge on any atom is 0.254 e. The first kappa shape index (κ1) is 14.4. The van der Waals surface area contributed by atoms with E-state index in [-0.39, 0.29) is 22.5 Å². The van der Waals surface area contributed by atoms with Crippen molar-refractivity contribution in [1.29, 1.82) is 0 Å². The van der Waals surface area contributed by atoms with E-state index in [0.717, 1.165) is 25.0 Å². The molecule has 104 valence electrons. The third-order valence-electron chi connectivity index (χ3n) is 3.21. The summed E-state index contributed by atoms with van der Waals surface area (Å²) < 4.78 is 26.3. The normalized spacial score (nSPS) is 16.3. The molecule has 1 N–H and O–H groups in total. The highest BCUT2D eigenvalue weighted by molar-refractivity contribution is 9.10. The molecule has 1 aliphatic carbocycles. The number of likely N-dealkylation sites (N-methyl/N-ethyl adjacent to an activating group) is 1. The molecule has 0 radical (unpaired) electrons. The second-order valence-corrected chi connectivity index (χ2v) is 5.69. The van der Waals surface area contributed by atoms with Crippen LogP contribution in [0.3, 0.4) is 0 Å². The summed E-state index contributed by atoms with van der Waals surface area (Å²) in [4.78, 5) is 13.4. The fourth-order valence-electron chi connectivity index (χ4n) is 1.89. The van der Waals surface area contributed by atoms with Crippen molar-refractivity contribution < 1.29 is 18.7 Å². The second kappa shape index (κ2) is 5.54. The third kappa shape index (κ3) is 3.30. The van der Waals surface area contributed by atoms with Gasteiger partial charge in [0.05, 0.1) is 11.7 Å². The molecule has 19 heavy (non-hydrogen) atoms. The van der Waals surface area contributed by atoms with Crippen molar-refractivity contribution in [2.24, 2.45) is 5.92 Å². The zero-order chi connectivity index (χ0) is 14.2. The van der Waals surface area contributed by atoms with Crippen LogP contribution in [-0.4, -0.2) is 35.6 Å². The van der Waals surface area contributed by atoms with Gasteiger partial charge in [0, 0.05) is 18.1 Å². The molecular weight excluding hydrogens is 320 g/mol. The minimum atomic E-state index is -1.07. The van der Waals surface area contributed by atoms with E-state index in [1.54, 1.807) is 0 Å². The maximum absolute atomic E-state index is 13.2. The number of hydrogen-bond donors (Lipinski definition) is 1. The van der Waals surface area contributed by atoms with Crippen LogP contribution in [0.25, 0.3) is 0 Å². The fraction of sp³-hybridized carbons (Fsp3) is 0.462. The number of hydrogen-bond acceptors (Lipinski definition) is 2. The molecule has 1 aromatic rings. The number of nitrogens with zero attached hydrogens (tertiary/aromatic N) is 1. The molecule has 1 atom stereocenters. The molecule has 0 heterocycles. The van der Waals surface area contributed by atoms with Gasteiger partial charge in [0.15, 0.2) is 11.6 Å². The van der Waals surface area contributed by atoms with Gasteiger partial charge in [-0.1, -0.05) is 0 Å². The predicted molar refractivity (Wildman–Crippen MR) is 69.7 cm³/mol. The molecule has 6 heteroatoms. The van der Waals surface area contributed by atoms with Crippen LogP contribution in [-0.2, 0) is 0 Å². The summed E-state index contributed by atoms with van der Waals surface area (Å²) in [5, 5.41) is 9.78. The van der Waals surface area contributed by atoms with Gasteiger partial charge in [-0.2, -0.15) is 0 Å². The molecule has 0 saturated heterocycles. The Morgan fingerprint density at radius 2 is 2.05 bits per heavy atom. The number of aliphatic hydroxyl groups excluding tert-OH is 1. The summed E-state index contributed by atoms with van der Waals surface area (Å²) in [6.07, 6.45) is 1.38. The van der Waals surface area contributed by atoms with E-state index in [4.69, 9.17) is 0 Å². The first-order chi connectivity index (χ1) is 8.90. The van der Waals surface area contributed by atoms with Gasteiger partial charge < -0.3 is 10.0 Å². The molecule has 0 aromatic heterocycles. The summed E-state index contributed by atoms with van der Waals surface area (Å²) in [5.41, 5.74) is 0.0457. The molecule has 1 saturated carbocycles. The maximum atomic E-state index is 13.2. The number of amides is 1. The number of carbonyl (C=O) groups is 1. The third-order valence-corrected chi connectivity index (χ3v) is 3.87. The van der Waals surface area contributed by atoms with Crippen molar-refractivity contribution in [2.75, 3.05) is 13.6 Å². The van der Waals surface area contributed by atoms with Gasteiger partial charge in [-0.15, -0.1) is 0 Å². The van der Waals surface area contributed by atoms with Gasteiger partial charge in [-0.25, -0.2) is 8.78 Å². The van der Waals surface area contributed by atoms with Crippen molar-refractivity contribution in [3.05, 3.63) is 33.8 Å². The zero-order valence-electron chi connectivity index (χ0n) is 10.4. The molecule has 0 aliphatic heterocycles. The first-order valence-corrected chi connectivity index (χ1v) is 6.77. The number of aliphatic hydroxyl groups is 1. The van der Waals surface area contributed by atoms with E-state index in [1.165, 1.54) is 11.9 Å². The van der Waals surface area contributed by atoms with Gasteiger partial charge >= 0.3 is 0 Å². The molecule has 2 rings (SSSR count). The number of rotatable bonds is 4. The molecule has 0 bridgehead atoms. The Morgan fingerprint density at radius 1 is 1.47 bits per heavy atom. The summed E-state index contributed by atoms with van der Waals surface area (Å²) in [5.74, 6) is -2.28. The second-order valence-electron chi connectivity index (χ2n) is 4.84. The van der Waals surface area contributed by atoms with Gasteiger partial charge in [0.25, 0.3) is 5.91 Å². The summed E-state index contributed by atoms with van der Waals surface area (Å²) >= 11 is 3.04. The van der Waals surface area contributed by atoms with Crippen LogP contribution in [0.1, 0.15) is 23.2 Å². The molecule has 3 nitrogen and oxygen atoms in total. The Bertz CT molecular complexity index is 506. The Hall–Kier alpha value is -1.01. The highest BCUT2D eigenvalue weighted by Gasteiger charge is 2.31. The minimum absolute atomic E-state index is 0.0457. The van der Waals surface area contributed by atoms with Gasteiger partial charge in [0.1, 0.15) is 0 Å². The minimum Gasteiger partial charge on any atom is -0.391 e. The smallest absolute Gasteiger partial charge is 0.254 e. The van der Waals surface area contributed by atoms with Gasteiger partial charge in [-0.3, -0.25) is 4.79 Å². The summed E-state index contributed by atoms with van der Waals surface area (Å²) in [6.45, 7) is 0.189. The summed E-state index contributed by atoms with van der Waals surface area (Å²) in [7, 11) is 1.53. The zero-order valence-corrected chi connectivity index (χ0v) is 12.0. The molecular formula is C13H14BrF2NO2. The standard InChI is InChI=1S/C13H14BrF2NO2/c1-17(6-12(18)7-2-3-7)13(19)8-4-10(15)11(16)5-9(8)14/h4-5,7,12,18H,2-3,6H2,1H3. The van der Waals surface area contributed by atoms with E-state index in [2.05, 4.69) is 15.9 Å². The lowest BCUT2D eigenvalue weighted by molar-refractivity contribution is 0.0644. The highest BCUT2D eigenvalue weighted by atomic mass is 79.9. The van der Waals surface area contributed by atoms with Crippen molar-refractivity contribution in [3.8, 4) is 0 Å². The monoisotopic (exact) mass is 333 g/mol. The number of halogens is 3. The SMILES string of the molecule is CN(CC(O)C1CC1)C(=O)c1cc(F)c(F)cc1Br. The van der Waals surface area contributed by atoms with Crippen molar-refractivity contribution in [2.45, 2.75) is 18.9 Å². The van der Waals surface area contributed by atoms with Crippen LogP contribution in [0.4, 0.5) is 8.78 Å². The Labute approximate surface area is 118 Å².